The number of carbonyl (C=O) groups excluding carboxylic acids is 1. The van der Waals surface area contributed by atoms with Crippen molar-refractivity contribution in [3.05, 3.63) is 92.4 Å². The molecule has 0 saturated heterocycles. The first-order valence-electron chi connectivity index (χ1n) is 9.67. The standard InChI is InChI=1S/C24H17N3O3S/c1-14-4-3-5-18(12-14)22-25-24-27(26-22)23(29)21(31-24)13-19-10-11-20(30-19)17-8-6-16(7-9-17)15(2)28/h3-13H,1-2H3/b21-13-. The molecule has 7 heteroatoms. The number of rotatable bonds is 4. The Hall–Kier alpha value is -3.84. The number of ketones is 1. The van der Waals surface area contributed by atoms with E-state index in [9.17, 15) is 9.59 Å². The number of aromatic nitrogens is 3. The van der Waals surface area contributed by atoms with Gasteiger partial charge in [-0.15, -0.1) is 5.10 Å². The SMILES string of the molecule is CC(=O)c1ccc(-c2ccc(/C=c3\sc4nc(-c5cccc(C)c5)nn4c3=O)o2)cc1. The largest absolute Gasteiger partial charge is 0.457 e. The molecule has 0 aliphatic heterocycles. The monoisotopic (exact) mass is 427 g/mol. The van der Waals surface area contributed by atoms with Gasteiger partial charge in [0.1, 0.15) is 16.1 Å². The molecule has 0 bridgehead atoms. The van der Waals surface area contributed by atoms with Crippen molar-refractivity contribution < 1.29 is 9.21 Å². The fourth-order valence-electron chi connectivity index (χ4n) is 3.32. The Balaban J connectivity index is 1.48. The molecule has 31 heavy (non-hydrogen) atoms. The van der Waals surface area contributed by atoms with Crippen molar-refractivity contribution >= 4 is 28.2 Å². The first-order chi connectivity index (χ1) is 15.0. The maximum Gasteiger partial charge on any atom is 0.291 e. The van der Waals surface area contributed by atoms with Crippen LogP contribution in [0.5, 0.6) is 0 Å². The highest BCUT2D eigenvalue weighted by Gasteiger charge is 2.13. The molecule has 152 valence electrons. The fourth-order valence-corrected chi connectivity index (χ4v) is 4.21. The van der Waals surface area contributed by atoms with Gasteiger partial charge in [-0.2, -0.15) is 9.50 Å². The molecule has 0 aliphatic carbocycles. The molecule has 5 aromatic rings. The Kier molecular flexibility index (Phi) is 4.60. The first-order valence-corrected chi connectivity index (χ1v) is 10.5. The molecule has 0 atom stereocenters. The van der Waals surface area contributed by atoms with Gasteiger partial charge in [0.15, 0.2) is 11.6 Å². The van der Waals surface area contributed by atoms with Crippen LogP contribution in [0.1, 0.15) is 28.6 Å². The average Bonchev–Trinajstić information content (AvgIpc) is 3.46. The zero-order chi connectivity index (χ0) is 21.5. The number of hydrogen-bond donors (Lipinski definition) is 0. The van der Waals surface area contributed by atoms with E-state index >= 15 is 0 Å². The molecule has 0 amide bonds. The van der Waals surface area contributed by atoms with Gasteiger partial charge in [0.25, 0.3) is 5.56 Å². The molecule has 0 fully saturated rings. The number of carbonyl (C=O) groups is 1. The Morgan fingerprint density at radius 3 is 2.58 bits per heavy atom. The third-order valence-corrected chi connectivity index (χ3v) is 5.89. The normalized spacial score (nSPS) is 12.0. The van der Waals surface area contributed by atoms with Gasteiger partial charge in [0.05, 0.1) is 0 Å². The number of nitrogens with zero attached hydrogens (tertiary/aromatic N) is 3. The topological polar surface area (TPSA) is 77.5 Å². The molecule has 2 aromatic carbocycles. The zero-order valence-electron chi connectivity index (χ0n) is 16.8. The second-order valence-electron chi connectivity index (χ2n) is 7.25. The van der Waals surface area contributed by atoms with Crippen LogP contribution in [-0.4, -0.2) is 20.4 Å². The Morgan fingerprint density at radius 1 is 1.06 bits per heavy atom. The molecular formula is C24H17N3O3S. The van der Waals surface area contributed by atoms with E-state index in [1.807, 2.05) is 55.5 Å². The van der Waals surface area contributed by atoms with Crippen LogP contribution in [0.4, 0.5) is 0 Å². The molecular weight excluding hydrogens is 410 g/mol. The number of hydrogen-bond acceptors (Lipinski definition) is 6. The minimum atomic E-state index is -0.227. The van der Waals surface area contributed by atoms with E-state index in [4.69, 9.17) is 4.42 Å². The highest BCUT2D eigenvalue weighted by atomic mass is 32.1. The molecule has 6 nitrogen and oxygen atoms in total. The van der Waals surface area contributed by atoms with Crippen molar-refractivity contribution in [1.29, 1.82) is 0 Å². The van der Waals surface area contributed by atoms with Gasteiger partial charge in [-0.25, -0.2) is 0 Å². The van der Waals surface area contributed by atoms with Gasteiger partial charge in [-0.1, -0.05) is 59.4 Å². The molecule has 5 rings (SSSR count). The number of benzene rings is 2. The highest BCUT2D eigenvalue weighted by molar-refractivity contribution is 7.15. The van der Waals surface area contributed by atoms with Crippen LogP contribution in [0, 0.1) is 6.92 Å². The predicted molar refractivity (Wildman–Crippen MR) is 120 cm³/mol. The summed E-state index contributed by atoms with van der Waals surface area (Å²) in [5, 5.41) is 4.39. The molecule has 3 heterocycles. The first kappa shape index (κ1) is 19.1. The van der Waals surface area contributed by atoms with Crippen LogP contribution in [0.3, 0.4) is 0 Å². The third kappa shape index (κ3) is 3.60. The lowest BCUT2D eigenvalue weighted by Crippen LogP contribution is -2.23. The maximum atomic E-state index is 12.8. The molecule has 0 unspecified atom stereocenters. The highest BCUT2D eigenvalue weighted by Crippen LogP contribution is 2.23. The summed E-state index contributed by atoms with van der Waals surface area (Å²) in [5.41, 5.74) is 3.27. The van der Waals surface area contributed by atoms with Crippen molar-refractivity contribution in [2.75, 3.05) is 0 Å². The smallest absolute Gasteiger partial charge is 0.291 e. The van der Waals surface area contributed by atoms with Crippen molar-refractivity contribution in [3.63, 3.8) is 0 Å². The maximum absolute atomic E-state index is 12.8. The Labute approximate surface area is 181 Å². The number of furan rings is 1. The van der Waals surface area contributed by atoms with Crippen molar-refractivity contribution in [2.24, 2.45) is 0 Å². The summed E-state index contributed by atoms with van der Waals surface area (Å²) in [4.78, 5) is 29.3. The van der Waals surface area contributed by atoms with Crippen LogP contribution in [0.2, 0.25) is 0 Å². The van der Waals surface area contributed by atoms with Crippen LogP contribution < -0.4 is 10.1 Å². The quantitative estimate of drug-likeness (QED) is 0.403. The van der Waals surface area contributed by atoms with E-state index in [1.165, 1.54) is 22.8 Å². The Bertz CT molecular complexity index is 1540. The summed E-state index contributed by atoms with van der Waals surface area (Å²) in [6.07, 6.45) is 1.70. The molecule has 0 radical (unpaired) electrons. The van der Waals surface area contributed by atoms with E-state index in [0.29, 0.717) is 32.4 Å². The van der Waals surface area contributed by atoms with Gasteiger partial charge < -0.3 is 4.42 Å². The lowest BCUT2D eigenvalue weighted by Gasteiger charge is -1.98. The zero-order valence-corrected chi connectivity index (χ0v) is 17.6. The van der Waals surface area contributed by atoms with Gasteiger partial charge in [-0.3, -0.25) is 9.59 Å². The third-order valence-electron chi connectivity index (χ3n) is 4.93. The second kappa shape index (κ2) is 7.45. The van der Waals surface area contributed by atoms with E-state index in [0.717, 1.165) is 16.7 Å². The molecule has 0 aliphatic rings. The summed E-state index contributed by atoms with van der Waals surface area (Å²) in [5.74, 6) is 1.78. The molecule has 3 aromatic heterocycles. The summed E-state index contributed by atoms with van der Waals surface area (Å²) in [6.45, 7) is 3.54. The van der Waals surface area contributed by atoms with E-state index < -0.39 is 0 Å². The van der Waals surface area contributed by atoms with E-state index in [-0.39, 0.29) is 11.3 Å². The minimum Gasteiger partial charge on any atom is -0.457 e. The van der Waals surface area contributed by atoms with Gasteiger partial charge >= 0.3 is 0 Å². The fraction of sp³-hybridized carbons (Fsp3) is 0.0833. The van der Waals surface area contributed by atoms with Crippen molar-refractivity contribution in [2.45, 2.75) is 13.8 Å². The van der Waals surface area contributed by atoms with Crippen molar-refractivity contribution in [1.82, 2.24) is 14.6 Å². The minimum absolute atomic E-state index is 0.0184. The van der Waals surface area contributed by atoms with E-state index in [1.54, 1.807) is 18.2 Å². The number of Topliss-reactive ketones (excluding diaryl/α,β-unsaturated/α-hetero) is 1. The summed E-state index contributed by atoms with van der Waals surface area (Å²) < 4.78 is 7.72. The number of fused-ring (bicyclic) bond motifs is 1. The van der Waals surface area contributed by atoms with Crippen LogP contribution in [0.25, 0.3) is 33.7 Å². The molecule has 0 N–H and O–H groups in total. The van der Waals surface area contributed by atoms with Crippen LogP contribution >= 0.6 is 11.3 Å². The van der Waals surface area contributed by atoms with Crippen LogP contribution in [-0.2, 0) is 0 Å². The van der Waals surface area contributed by atoms with Gasteiger partial charge in [0.2, 0.25) is 4.96 Å². The van der Waals surface area contributed by atoms with Gasteiger partial charge in [-0.05, 0) is 32.0 Å². The second-order valence-corrected chi connectivity index (χ2v) is 8.26. The van der Waals surface area contributed by atoms with Crippen LogP contribution in [0.15, 0.2) is 69.9 Å². The summed E-state index contributed by atoms with van der Waals surface area (Å²) in [7, 11) is 0. The Morgan fingerprint density at radius 2 is 1.87 bits per heavy atom. The average molecular weight is 427 g/mol. The van der Waals surface area contributed by atoms with Gasteiger partial charge in [0, 0.05) is 22.8 Å². The predicted octanol–water partition coefficient (Wildman–Crippen LogP) is 4.14. The molecule has 0 saturated carbocycles. The van der Waals surface area contributed by atoms with E-state index in [2.05, 4.69) is 10.1 Å². The summed E-state index contributed by atoms with van der Waals surface area (Å²) in [6, 6.07) is 18.7. The lowest BCUT2D eigenvalue weighted by molar-refractivity contribution is 0.101. The molecule has 0 spiro atoms. The number of aryl methyl sites for hydroxylation is 1. The summed E-state index contributed by atoms with van der Waals surface area (Å²) >= 11 is 1.27. The van der Waals surface area contributed by atoms with Crippen molar-refractivity contribution in [3.8, 4) is 22.7 Å². The lowest BCUT2D eigenvalue weighted by atomic mass is 10.1. The number of thiazole rings is 1.